The van der Waals surface area contributed by atoms with Gasteiger partial charge in [-0.25, -0.2) is 0 Å². The number of carbonyl (C=O) groups excluding carboxylic acids is 1. The molecule has 1 aliphatic carbocycles. The summed E-state index contributed by atoms with van der Waals surface area (Å²) in [5.41, 5.74) is -0.627. The number of benzene rings is 1. The maximum atomic E-state index is 12.1. The molecule has 4 nitrogen and oxygen atoms in total. The number of carboxylic acids is 1. The molecule has 2 unspecified atom stereocenters. The summed E-state index contributed by atoms with van der Waals surface area (Å²) in [7, 11) is 0. The van der Waals surface area contributed by atoms with Gasteiger partial charge in [-0.1, -0.05) is 31.0 Å². The van der Waals surface area contributed by atoms with E-state index in [1.54, 1.807) is 0 Å². The molecule has 0 heterocycles. The largest absolute Gasteiger partial charge is 0.481 e. The third-order valence-corrected chi connectivity index (χ3v) is 5.06. The van der Waals surface area contributed by atoms with Crippen molar-refractivity contribution in [2.45, 2.75) is 43.0 Å². The maximum absolute atomic E-state index is 12.1. The first-order chi connectivity index (χ1) is 10.0. The van der Waals surface area contributed by atoms with Crippen LogP contribution in [0.1, 0.15) is 32.6 Å². The Labute approximate surface area is 129 Å². The second kappa shape index (κ2) is 6.98. The van der Waals surface area contributed by atoms with Gasteiger partial charge in [0.15, 0.2) is 0 Å². The molecule has 0 bridgehead atoms. The SMILES string of the molecule is CC1(NC(=O)CSc2ccccc2)CCCCC1C(=O)O. The van der Waals surface area contributed by atoms with Gasteiger partial charge in [0, 0.05) is 4.90 Å². The summed E-state index contributed by atoms with van der Waals surface area (Å²) in [6, 6.07) is 9.72. The van der Waals surface area contributed by atoms with Crippen LogP contribution in [0.4, 0.5) is 0 Å². The zero-order chi connectivity index (χ0) is 15.3. The van der Waals surface area contributed by atoms with Gasteiger partial charge in [0.05, 0.1) is 17.2 Å². The first-order valence-corrected chi connectivity index (χ1v) is 8.21. The number of thioether (sulfide) groups is 1. The van der Waals surface area contributed by atoms with Crippen molar-refractivity contribution in [1.29, 1.82) is 0 Å². The average molecular weight is 307 g/mol. The lowest BCUT2D eigenvalue weighted by molar-refractivity contribution is -0.146. The Hall–Kier alpha value is -1.49. The van der Waals surface area contributed by atoms with Gasteiger partial charge in [0.1, 0.15) is 0 Å². The minimum Gasteiger partial charge on any atom is -0.481 e. The molecular weight excluding hydrogens is 286 g/mol. The lowest BCUT2D eigenvalue weighted by Gasteiger charge is -2.39. The van der Waals surface area contributed by atoms with Crippen LogP contribution in [0.3, 0.4) is 0 Å². The van der Waals surface area contributed by atoms with Crippen molar-refractivity contribution in [3.8, 4) is 0 Å². The fourth-order valence-corrected chi connectivity index (χ4v) is 3.62. The van der Waals surface area contributed by atoms with E-state index in [9.17, 15) is 14.7 Å². The Morgan fingerprint density at radius 2 is 2.05 bits per heavy atom. The van der Waals surface area contributed by atoms with Crippen LogP contribution in [-0.4, -0.2) is 28.3 Å². The van der Waals surface area contributed by atoms with E-state index in [0.717, 1.165) is 24.2 Å². The van der Waals surface area contributed by atoms with E-state index in [1.165, 1.54) is 11.8 Å². The Morgan fingerprint density at radius 3 is 2.71 bits per heavy atom. The summed E-state index contributed by atoms with van der Waals surface area (Å²) in [5.74, 6) is -1.09. The number of carboxylic acid groups (broad SMARTS) is 1. The fraction of sp³-hybridized carbons (Fsp3) is 0.500. The van der Waals surface area contributed by atoms with Crippen LogP contribution >= 0.6 is 11.8 Å². The molecule has 0 spiro atoms. The minimum atomic E-state index is -0.812. The molecule has 1 saturated carbocycles. The number of hydrogen-bond acceptors (Lipinski definition) is 3. The smallest absolute Gasteiger partial charge is 0.308 e. The Bertz CT molecular complexity index is 506. The second-order valence-corrected chi connectivity index (χ2v) is 6.75. The molecule has 114 valence electrons. The zero-order valence-electron chi connectivity index (χ0n) is 12.2. The third kappa shape index (κ3) is 4.24. The lowest BCUT2D eigenvalue weighted by Crippen LogP contribution is -2.55. The molecule has 21 heavy (non-hydrogen) atoms. The van der Waals surface area contributed by atoms with E-state index >= 15 is 0 Å². The van der Waals surface area contributed by atoms with Crippen molar-refractivity contribution < 1.29 is 14.7 Å². The van der Waals surface area contributed by atoms with Gasteiger partial charge in [-0.3, -0.25) is 9.59 Å². The van der Waals surface area contributed by atoms with Gasteiger partial charge in [0.25, 0.3) is 0 Å². The van der Waals surface area contributed by atoms with Crippen LogP contribution in [0.5, 0.6) is 0 Å². The van der Waals surface area contributed by atoms with Gasteiger partial charge in [-0.15, -0.1) is 11.8 Å². The Kier molecular flexibility index (Phi) is 5.28. The molecule has 0 aliphatic heterocycles. The maximum Gasteiger partial charge on any atom is 0.308 e. The number of rotatable bonds is 5. The average Bonchev–Trinajstić information content (AvgIpc) is 2.46. The van der Waals surface area contributed by atoms with Gasteiger partial charge in [-0.05, 0) is 31.9 Å². The van der Waals surface area contributed by atoms with E-state index in [4.69, 9.17) is 0 Å². The molecule has 1 fully saturated rings. The molecule has 2 rings (SSSR count). The van der Waals surface area contributed by atoms with Crippen LogP contribution in [0, 0.1) is 5.92 Å². The molecule has 1 aromatic rings. The molecular formula is C16H21NO3S. The molecule has 0 aromatic heterocycles. The number of hydrogen-bond donors (Lipinski definition) is 2. The highest BCUT2D eigenvalue weighted by molar-refractivity contribution is 8.00. The molecule has 0 radical (unpaired) electrons. The summed E-state index contributed by atoms with van der Waals surface area (Å²) in [6.07, 6.45) is 3.25. The summed E-state index contributed by atoms with van der Waals surface area (Å²) < 4.78 is 0. The van der Waals surface area contributed by atoms with Crippen molar-refractivity contribution >= 4 is 23.6 Å². The predicted molar refractivity (Wildman–Crippen MR) is 83.3 cm³/mol. The topological polar surface area (TPSA) is 66.4 Å². The number of nitrogens with one attached hydrogen (secondary N) is 1. The zero-order valence-corrected chi connectivity index (χ0v) is 13.0. The highest BCUT2D eigenvalue weighted by atomic mass is 32.2. The van der Waals surface area contributed by atoms with E-state index in [0.29, 0.717) is 12.2 Å². The van der Waals surface area contributed by atoms with Crippen LogP contribution in [0.15, 0.2) is 35.2 Å². The fourth-order valence-electron chi connectivity index (χ4n) is 2.90. The van der Waals surface area contributed by atoms with Crippen molar-refractivity contribution in [2.24, 2.45) is 5.92 Å². The van der Waals surface area contributed by atoms with Gasteiger partial charge >= 0.3 is 5.97 Å². The van der Waals surface area contributed by atoms with Crippen LogP contribution in [-0.2, 0) is 9.59 Å². The highest BCUT2D eigenvalue weighted by Crippen LogP contribution is 2.34. The molecule has 1 aromatic carbocycles. The first-order valence-electron chi connectivity index (χ1n) is 7.23. The molecule has 2 N–H and O–H groups in total. The summed E-state index contributed by atoms with van der Waals surface area (Å²) in [5, 5.41) is 12.3. The van der Waals surface area contributed by atoms with Gasteiger partial charge < -0.3 is 10.4 Å². The van der Waals surface area contributed by atoms with E-state index in [1.807, 2.05) is 37.3 Å². The van der Waals surface area contributed by atoms with E-state index in [2.05, 4.69) is 5.32 Å². The Balaban J connectivity index is 1.92. The van der Waals surface area contributed by atoms with Crippen molar-refractivity contribution in [2.75, 3.05) is 5.75 Å². The standard InChI is InChI=1S/C16H21NO3S/c1-16(10-6-5-9-13(16)15(19)20)17-14(18)11-21-12-7-3-2-4-8-12/h2-4,7-8,13H,5-6,9-11H2,1H3,(H,17,18)(H,19,20). The van der Waals surface area contributed by atoms with E-state index < -0.39 is 17.4 Å². The molecule has 1 aliphatic rings. The van der Waals surface area contributed by atoms with Crippen LogP contribution in [0.25, 0.3) is 0 Å². The van der Waals surface area contributed by atoms with Crippen LogP contribution in [0.2, 0.25) is 0 Å². The quantitative estimate of drug-likeness (QED) is 0.821. The number of aliphatic carboxylic acids is 1. The summed E-state index contributed by atoms with van der Waals surface area (Å²) in [4.78, 5) is 24.5. The third-order valence-electron chi connectivity index (χ3n) is 4.04. The molecule has 1 amide bonds. The van der Waals surface area contributed by atoms with Gasteiger partial charge in [0.2, 0.25) is 5.91 Å². The molecule has 2 atom stereocenters. The highest BCUT2D eigenvalue weighted by Gasteiger charge is 2.42. The molecule has 0 saturated heterocycles. The molecule has 5 heteroatoms. The lowest BCUT2D eigenvalue weighted by atomic mass is 9.74. The summed E-state index contributed by atoms with van der Waals surface area (Å²) >= 11 is 1.47. The number of amides is 1. The summed E-state index contributed by atoms with van der Waals surface area (Å²) in [6.45, 7) is 1.86. The monoisotopic (exact) mass is 307 g/mol. The first kappa shape index (κ1) is 15.9. The van der Waals surface area contributed by atoms with Crippen molar-refractivity contribution in [3.05, 3.63) is 30.3 Å². The normalized spacial score (nSPS) is 25.3. The second-order valence-electron chi connectivity index (χ2n) is 5.70. The van der Waals surface area contributed by atoms with Crippen molar-refractivity contribution in [3.63, 3.8) is 0 Å². The van der Waals surface area contributed by atoms with Crippen molar-refractivity contribution in [1.82, 2.24) is 5.32 Å². The van der Waals surface area contributed by atoms with Gasteiger partial charge in [-0.2, -0.15) is 0 Å². The Morgan fingerprint density at radius 1 is 1.33 bits per heavy atom. The van der Waals surface area contributed by atoms with E-state index in [-0.39, 0.29) is 5.91 Å². The minimum absolute atomic E-state index is 0.0977. The number of carbonyl (C=O) groups is 2. The predicted octanol–water partition coefficient (Wildman–Crippen LogP) is 2.93. The van der Waals surface area contributed by atoms with Crippen LogP contribution < -0.4 is 5.32 Å².